The summed E-state index contributed by atoms with van der Waals surface area (Å²) in [5.74, 6) is 0.874. The van der Waals surface area contributed by atoms with E-state index in [0.717, 1.165) is 17.1 Å². The number of nitrogens with one attached hydrogen (secondary N) is 1. The molecule has 0 saturated carbocycles. The number of aromatic nitrogens is 1. The van der Waals surface area contributed by atoms with Gasteiger partial charge in [0.2, 0.25) is 0 Å². The van der Waals surface area contributed by atoms with E-state index < -0.39 is 0 Å². The highest BCUT2D eigenvalue weighted by atomic mass is 16.5. The van der Waals surface area contributed by atoms with Crippen LogP contribution in [-0.2, 0) is 0 Å². The average molecular weight is 242 g/mol. The van der Waals surface area contributed by atoms with Gasteiger partial charge in [-0.15, -0.1) is 0 Å². The van der Waals surface area contributed by atoms with Crippen molar-refractivity contribution in [1.29, 1.82) is 0 Å². The minimum Gasteiger partial charge on any atom is -0.488 e. The average Bonchev–Trinajstić information content (AvgIpc) is 2.31. The van der Waals surface area contributed by atoms with Gasteiger partial charge in [0, 0.05) is 11.9 Å². The van der Waals surface area contributed by atoms with Crippen molar-refractivity contribution in [3.8, 4) is 5.75 Å². The summed E-state index contributed by atoms with van der Waals surface area (Å²) in [4.78, 5) is 4.06. The number of nitrogens with zero attached hydrogens (tertiary/aromatic N) is 1. The Labute approximate surface area is 108 Å². The molecule has 0 unspecified atom stereocenters. The fourth-order valence-electron chi connectivity index (χ4n) is 1.56. The minimum absolute atomic E-state index is 0.168. The van der Waals surface area contributed by atoms with Crippen LogP contribution in [0.25, 0.3) is 0 Å². The summed E-state index contributed by atoms with van der Waals surface area (Å²) in [5, 5.41) is 3.28. The molecule has 0 saturated heterocycles. The van der Waals surface area contributed by atoms with Gasteiger partial charge in [0.1, 0.15) is 11.4 Å². The summed E-state index contributed by atoms with van der Waals surface area (Å²) < 4.78 is 5.77. The summed E-state index contributed by atoms with van der Waals surface area (Å²) in [6.45, 7) is 6.11. The van der Waals surface area contributed by atoms with E-state index in [1.807, 2.05) is 57.2 Å². The molecule has 1 aromatic carbocycles. The fraction of sp³-hybridized carbons (Fsp3) is 0.267. The van der Waals surface area contributed by atoms with Crippen molar-refractivity contribution in [2.45, 2.75) is 26.4 Å². The Bertz CT molecular complexity index is 486. The van der Waals surface area contributed by atoms with Crippen molar-refractivity contribution >= 4 is 11.4 Å². The van der Waals surface area contributed by atoms with Crippen LogP contribution in [0.1, 0.15) is 20.8 Å². The SMILES string of the molecule is CC(C)(C)Oc1ccc(Nc2cccnc2)cc1. The number of rotatable bonds is 3. The van der Waals surface area contributed by atoms with Crippen LogP contribution < -0.4 is 10.1 Å². The first-order chi connectivity index (χ1) is 8.53. The molecule has 0 fully saturated rings. The quantitative estimate of drug-likeness (QED) is 0.883. The zero-order valence-corrected chi connectivity index (χ0v) is 11.0. The maximum Gasteiger partial charge on any atom is 0.120 e. The standard InChI is InChI=1S/C15H18N2O/c1-15(2,3)18-14-8-6-12(7-9-14)17-13-5-4-10-16-11-13/h4-11,17H,1-3H3. The highest BCUT2D eigenvalue weighted by molar-refractivity contribution is 5.59. The minimum atomic E-state index is -0.168. The number of hydrogen-bond donors (Lipinski definition) is 1. The van der Waals surface area contributed by atoms with Crippen LogP contribution in [0.4, 0.5) is 11.4 Å². The van der Waals surface area contributed by atoms with E-state index in [9.17, 15) is 0 Å². The Morgan fingerprint density at radius 1 is 1.00 bits per heavy atom. The van der Waals surface area contributed by atoms with Gasteiger partial charge in [-0.2, -0.15) is 0 Å². The zero-order valence-electron chi connectivity index (χ0n) is 11.0. The van der Waals surface area contributed by atoms with Gasteiger partial charge in [-0.05, 0) is 57.2 Å². The molecule has 94 valence electrons. The number of benzene rings is 1. The van der Waals surface area contributed by atoms with Crippen LogP contribution in [0.3, 0.4) is 0 Å². The summed E-state index contributed by atoms with van der Waals surface area (Å²) >= 11 is 0. The molecule has 1 N–H and O–H groups in total. The van der Waals surface area contributed by atoms with Crippen molar-refractivity contribution in [3.05, 3.63) is 48.8 Å². The molecule has 0 radical (unpaired) electrons. The number of anilines is 2. The van der Waals surface area contributed by atoms with E-state index in [-0.39, 0.29) is 5.60 Å². The van der Waals surface area contributed by atoms with Gasteiger partial charge >= 0.3 is 0 Å². The molecular formula is C15H18N2O. The third kappa shape index (κ3) is 3.77. The van der Waals surface area contributed by atoms with Crippen molar-refractivity contribution in [1.82, 2.24) is 4.98 Å². The Morgan fingerprint density at radius 3 is 2.28 bits per heavy atom. The van der Waals surface area contributed by atoms with Crippen molar-refractivity contribution in [3.63, 3.8) is 0 Å². The van der Waals surface area contributed by atoms with Gasteiger partial charge in [-0.25, -0.2) is 0 Å². The van der Waals surface area contributed by atoms with E-state index in [0.29, 0.717) is 0 Å². The fourth-order valence-corrected chi connectivity index (χ4v) is 1.56. The Hall–Kier alpha value is -2.03. The molecule has 0 atom stereocenters. The molecule has 1 heterocycles. The second-order valence-corrected chi connectivity index (χ2v) is 5.11. The normalized spacial score (nSPS) is 11.1. The van der Waals surface area contributed by atoms with Gasteiger partial charge in [-0.1, -0.05) is 0 Å². The Morgan fingerprint density at radius 2 is 1.72 bits per heavy atom. The molecule has 18 heavy (non-hydrogen) atoms. The Kier molecular flexibility index (Phi) is 3.51. The summed E-state index contributed by atoms with van der Waals surface area (Å²) in [5.41, 5.74) is 1.82. The molecule has 1 aromatic heterocycles. The molecule has 0 amide bonds. The molecular weight excluding hydrogens is 224 g/mol. The van der Waals surface area contributed by atoms with Crippen molar-refractivity contribution in [2.24, 2.45) is 0 Å². The topological polar surface area (TPSA) is 34.1 Å². The monoisotopic (exact) mass is 242 g/mol. The second-order valence-electron chi connectivity index (χ2n) is 5.11. The van der Waals surface area contributed by atoms with E-state index in [1.54, 1.807) is 12.4 Å². The zero-order chi connectivity index (χ0) is 13.0. The maximum atomic E-state index is 5.77. The number of ether oxygens (including phenoxy) is 1. The van der Waals surface area contributed by atoms with Crippen molar-refractivity contribution in [2.75, 3.05) is 5.32 Å². The third-order valence-corrected chi connectivity index (χ3v) is 2.23. The first-order valence-electron chi connectivity index (χ1n) is 5.99. The molecule has 0 spiro atoms. The predicted octanol–water partition coefficient (Wildman–Crippen LogP) is 4.00. The van der Waals surface area contributed by atoms with Crippen LogP contribution in [0.15, 0.2) is 48.8 Å². The second kappa shape index (κ2) is 5.08. The van der Waals surface area contributed by atoms with Gasteiger partial charge < -0.3 is 10.1 Å². The van der Waals surface area contributed by atoms with Crippen LogP contribution in [-0.4, -0.2) is 10.6 Å². The van der Waals surface area contributed by atoms with Gasteiger partial charge in [0.05, 0.1) is 11.9 Å². The predicted molar refractivity (Wildman–Crippen MR) is 74.3 cm³/mol. The molecule has 0 aliphatic carbocycles. The van der Waals surface area contributed by atoms with Crippen LogP contribution >= 0.6 is 0 Å². The number of hydrogen-bond acceptors (Lipinski definition) is 3. The Balaban J connectivity index is 2.04. The van der Waals surface area contributed by atoms with Crippen LogP contribution in [0, 0.1) is 0 Å². The van der Waals surface area contributed by atoms with Crippen molar-refractivity contribution < 1.29 is 4.74 Å². The maximum absolute atomic E-state index is 5.77. The summed E-state index contributed by atoms with van der Waals surface area (Å²) in [6, 6.07) is 11.8. The molecule has 0 bridgehead atoms. The first-order valence-corrected chi connectivity index (χ1v) is 5.99. The number of pyridine rings is 1. The van der Waals surface area contributed by atoms with E-state index >= 15 is 0 Å². The highest BCUT2D eigenvalue weighted by Gasteiger charge is 2.11. The van der Waals surface area contributed by atoms with E-state index in [4.69, 9.17) is 4.74 Å². The lowest BCUT2D eigenvalue weighted by atomic mass is 10.2. The molecule has 0 aliphatic rings. The largest absolute Gasteiger partial charge is 0.488 e. The van der Waals surface area contributed by atoms with Gasteiger partial charge in [0.15, 0.2) is 0 Å². The summed E-state index contributed by atoms with van der Waals surface area (Å²) in [7, 11) is 0. The molecule has 2 aromatic rings. The molecule has 3 nitrogen and oxygen atoms in total. The van der Waals surface area contributed by atoms with Gasteiger partial charge in [0.25, 0.3) is 0 Å². The lowest BCUT2D eigenvalue weighted by Crippen LogP contribution is -2.22. The van der Waals surface area contributed by atoms with E-state index in [2.05, 4.69) is 10.3 Å². The summed E-state index contributed by atoms with van der Waals surface area (Å²) in [6.07, 6.45) is 3.55. The first kappa shape index (κ1) is 12.4. The van der Waals surface area contributed by atoms with Crippen LogP contribution in [0.5, 0.6) is 5.75 Å². The molecule has 0 aliphatic heterocycles. The third-order valence-electron chi connectivity index (χ3n) is 2.23. The molecule has 3 heteroatoms. The molecule has 2 rings (SSSR count). The van der Waals surface area contributed by atoms with Crippen LogP contribution in [0.2, 0.25) is 0 Å². The lowest BCUT2D eigenvalue weighted by Gasteiger charge is -2.21. The lowest BCUT2D eigenvalue weighted by molar-refractivity contribution is 0.131. The van der Waals surface area contributed by atoms with Gasteiger partial charge in [-0.3, -0.25) is 4.98 Å². The smallest absolute Gasteiger partial charge is 0.120 e. The van der Waals surface area contributed by atoms with E-state index in [1.165, 1.54) is 0 Å². The highest BCUT2D eigenvalue weighted by Crippen LogP contribution is 2.22.